The first-order chi connectivity index (χ1) is 14.7. The summed E-state index contributed by atoms with van der Waals surface area (Å²) in [5.74, 6) is 1.01. The van der Waals surface area contributed by atoms with E-state index in [0.717, 1.165) is 17.6 Å². The fourth-order valence-electron chi connectivity index (χ4n) is 3.36. The SMILES string of the molecule is CCc1ccc(-n2nc3ccc(NC(=O)c4ccc5c(c4)OCCO5)cc3n2)cc1. The molecule has 1 aromatic heterocycles. The summed E-state index contributed by atoms with van der Waals surface area (Å²) >= 11 is 0. The number of carbonyl (C=O) groups excluding carboxylic acids is 1. The molecule has 7 nitrogen and oxygen atoms in total. The Morgan fingerprint density at radius 3 is 2.50 bits per heavy atom. The molecule has 0 aliphatic carbocycles. The van der Waals surface area contributed by atoms with Crippen LogP contribution in [-0.2, 0) is 6.42 Å². The average molecular weight is 400 g/mol. The lowest BCUT2D eigenvalue weighted by Gasteiger charge is -2.18. The van der Waals surface area contributed by atoms with Gasteiger partial charge >= 0.3 is 0 Å². The van der Waals surface area contributed by atoms with Gasteiger partial charge in [-0.2, -0.15) is 4.80 Å². The van der Waals surface area contributed by atoms with Crippen LogP contribution in [0.15, 0.2) is 60.7 Å². The van der Waals surface area contributed by atoms with Crippen LogP contribution in [0.4, 0.5) is 5.69 Å². The molecule has 2 heterocycles. The van der Waals surface area contributed by atoms with Gasteiger partial charge in [0.05, 0.1) is 5.69 Å². The van der Waals surface area contributed by atoms with Crippen LogP contribution in [0.3, 0.4) is 0 Å². The summed E-state index contributed by atoms with van der Waals surface area (Å²) in [4.78, 5) is 14.3. The standard InChI is InChI=1S/C23H20N4O3/c1-2-15-3-7-18(8-4-15)27-25-19-9-6-17(14-20(19)26-27)24-23(28)16-5-10-21-22(13-16)30-12-11-29-21/h3-10,13-14H,2,11-12H2,1H3,(H,24,28). The molecule has 1 amide bonds. The third kappa shape index (κ3) is 3.45. The van der Waals surface area contributed by atoms with E-state index in [9.17, 15) is 4.79 Å². The molecule has 7 heteroatoms. The lowest BCUT2D eigenvalue weighted by Crippen LogP contribution is -2.17. The number of ether oxygens (including phenoxy) is 2. The van der Waals surface area contributed by atoms with Gasteiger partial charge in [0.15, 0.2) is 11.5 Å². The average Bonchev–Trinajstić information content (AvgIpc) is 3.22. The van der Waals surface area contributed by atoms with E-state index >= 15 is 0 Å². The summed E-state index contributed by atoms with van der Waals surface area (Å²) in [6.07, 6.45) is 0.987. The van der Waals surface area contributed by atoms with Crippen molar-refractivity contribution in [1.82, 2.24) is 15.0 Å². The molecule has 0 saturated heterocycles. The second-order valence-electron chi connectivity index (χ2n) is 7.03. The number of nitrogens with one attached hydrogen (secondary N) is 1. The van der Waals surface area contributed by atoms with Crippen molar-refractivity contribution in [3.05, 3.63) is 71.8 Å². The van der Waals surface area contributed by atoms with E-state index in [-0.39, 0.29) is 5.91 Å². The first kappa shape index (κ1) is 18.2. The molecule has 1 aliphatic rings. The van der Waals surface area contributed by atoms with Crippen molar-refractivity contribution < 1.29 is 14.3 Å². The van der Waals surface area contributed by atoms with Crippen LogP contribution < -0.4 is 14.8 Å². The Morgan fingerprint density at radius 1 is 0.933 bits per heavy atom. The molecule has 0 atom stereocenters. The largest absolute Gasteiger partial charge is 0.486 e. The summed E-state index contributed by atoms with van der Waals surface area (Å²) in [7, 11) is 0. The van der Waals surface area contributed by atoms with Gasteiger partial charge in [0.2, 0.25) is 0 Å². The van der Waals surface area contributed by atoms with Gasteiger partial charge in [-0.1, -0.05) is 19.1 Å². The Morgan fingerprint density at radius 2 is 1.70 bits per heavy atom. The molecular weight excluding hydrogens is 380 g/mol. The Labute approximate surface area is 173 Å². The predicted octanol–water partition coefficient (Wildman–Crippen LogP) is 4.01. The molecule has 0 fully saturated rings. The molecular formula is C23H20N4O3. The quantitative estimate of drug-likeness (QED) is 0.560. The highest BCUT2D eigenvalue weighted by atomic mass is 16.6. The maximum absolute atomic E-state index is 12.7. The summed E-state index contributed by atoms with van der Waals surface area (Å²) in [5, 5.41) is 12.0. The number of rotatable bonds is 4. The molecule has 0 spiro atoms. The molecule has 1 aliphatic heterocycles. The van der Waals surface area contributed by atoms with E-state index in [2.05, 4.69) is 34.6 Å². The summed E-state index contributed by atoms with van der Waals surface area (Å²) in [5.41, 5.74) is 4.76. The third-order valence-corrected chi connectivity index (χ3v) is 5.02. The minimum absolute atomic E-state index is 0.228. The Balaban J connectivity index is 1.37. The molecule has 3 aromatic carbocycles. The number of aromatic nitrogens is 3. The number of hydrogen-bond acceptors (Lipinski definition) is 5. The Bertz CT molecular complexity index is 1230. The summed E-state index contributed by atoms with van der Waals surface area (Å²) in [6.45, 7) is 3.11. The molecule has 5 rings (SSSR count). The summed E-state index contributed by atoms with van der Waals surface area (Å²) < 4.78 is 11.1. The zero-order valence-electron chi connectivity index (χ0n) is 16.5. The second-order valence-corrected chi connectivity index (χ2v) is 7.03. The number of benzene rings is 3. The van der Waals surface area contributed by atoms with E-state index in [1.807, 2.05) is 30.3 Å². The van der Waals surface area contributed by atoms with Crippen molar-refractivity contribution in [2.24, 2.45) is 0 Å². The molecule has 30 heavy (non-hydrogen) atoms. The van der Waals surface area contributed by atoms with E-state index in [1.165, 1.54) is 5.56 Å². The topological polar surface area (TPSA) is 78.3 Å². The van der Waals surface area contributed by atoms with Gasteiger partial charge < -0.3 is 14.8 Å². The van der Waals surface area contributed by atoms with Crippen molar-refractivity contribution in [3.63, 3.8) is 0 Å². The second kappa shape index (κ2) is 7.51. The van der Waals surface area contributed by atoms with Crippen molar-refractivity contribution in [2.45, 2.75) is 13.3 Å². The van der Waals surface area contributed by atoms with Crippen molar-refractivity contribution in [3.8, 4) is 17.2 Å². The van der Waals surface area contributed by atoms with Gasteiger partial charge in [-0.15, -0.1) is 10.2 Å². The van der Waals surface area contributed by atoms with Crippen LogP contribution in [0.2, 0.25) is 0 Å². The zero-order valence-corrected chi connectivity index (χ0v) is 16.5. The van der Waals surface area contributed by atoms with Crippen LogP contribution in [0.25, 0.3) is 16.7 Å². The lowest BCUT2D eigenvalue weighted by atomic mass is 10.1. The minimum Gasteiger partial charge on any atom is -0.486 e. The van der Waals surface area contributed by atoms with Crippen LogP contribution >= 0.6 is 0 Å². The van der Waals surface area contributed by atoms with Crippen molar-refractivity contribution in [1.29, 1.82) is 0 Å². The van der Waals surface area contributed by atoms with Gasteiger partial charge in [0, 0.05) is 11.3 Å². The molecule has 4 aromatic rings. The van der Waals surface area contributed by atoms with E-state index < -0.39 is 0 Å². The molecule has 0 bridgehead atoms. The van der Waals surface area contributed by atoms with E-state index in [1.54, 1.807) is 23.0 Å². The smallest absolute Gasteiger partial charge is 0.255 e. The van der Waals surface area contributed by atoms with Crippen molar-refractivity contribution >= 4 is 22.6 Å². The van der Waals surface area contributed by atoms with Gasteiger partial charge in [-0.25, -0.2) is 0 Å². The third-order valence-electron chi connectivity index (χ3n) is 5.02. The Kier molecular flexibility index (Phi) is 4.55. The maximum Gasteiger partial charge on any atom is 0.255 e. The maximum atomic E-state index is 12.7. The van der Waals surface area contributed by atoms with Crippen LogP contribution in [-0.4, -0.2) is 34.1 Å². The van der Waals surface area contributed by atoms with E-state index in [0.29, 0.717) is 41.5 Å². The number of anilines is 1. The Hall–Kier alpha value is -3.87. The fraction of sp³-hybridized carbons (Fsp3) is 0.174. The van der Waals surface area contributed by atoms with Gasteiger partial charge in [-0.05, 0) is 60.5 Å². The van der Waals surface area contributed by atoms with Crippen LogP contribution in [0.5, 0.6) is 11.5 Å². The fourth-order valence-corrected chi connectivity index (χ4v) is 3.36. The number of hydrogen-bond donors (Lipinski definition) is 1. The van der Waals surface area contributed by atoms with Crippen molar-refractivity contribution in [2.75, 3.05) is 18.5 Å². The number of fused-ring (bicyclic) bond motifs is 2. The van der Waals surface area contributed by atoms with Crippen LogP contribution in [0, 0.1) is 0 Å². The normalized spacial score (nSPS) is 12.7. The van der Waals surface area contributed by atoms with Gasteiger partial charge in [0.25, 0.3) is 5.91 Å². The number of carbonyl (C=O) groups is 1. The first-order valence-corrected chi connectivity index (χ1v) is 9.87. The lowest BCUT2D eigenvalue weighted by molar-refractivity contribution is 0.102. The zero-order chi connectivity index (χ0) is 20.5. The highest BCUT2D eigenvalue weighted by Crippen LogP contribution is 2.31. The monoisotopic (exact) mass is 400 g/mol. The number of amides is 1. The summed E-state index contributed by atoms with van der Waals surface area (Å²) in [6, 6.07) is 18.8. The van der Waals surface area contributed by atoms with E-state index in [4.69, 9.17) is 9.47 Å². The van der Waals surface area contributed by atoms with Crippen LogP contribution in [0.1, 0.15) is 22.8 Å². The molecule has 0 radical (unpaired) electrons. The molecule has 150 valence electrons. The molecule has 0 saturated carbocycles. The highest BCUT2D eigenvalue weighted by molar-refractivity contribution is 6.05. The molecule has 0 unspecified atom stereocenters. The van der Waals surface area contributed by atoms with Gasteiger partial charge in [-0.3, -0.25) is 4.79 Å². The first-order valence-electron chi connectivity index (χ1n) is 9.87. The highest BCUT2D eigenvalue weighted by Gasteiger charge is 2.15. The number of nitrogens with zero attached hydrogens (tertiary/aromatic N) is 3. The predicted molar refractivity (Wildman–Crippen MR) is 114 cm³/mol. The van der Waals surface area contributed by atoms with Gasteiger partial charge in [0.1, 0.15) is 24.2 Å². The molecule has 1 N–H and O–H groups in total. The minimum atomic E-state index is -0.228. The number of aryl methyl sites for hydroxylation is 1.